The fraction of sp³-hybridized carbons (Fsp3) is 0.0645. The first-order valence-corrected chi connectivity index (χ1v) is 25.0. The Morgan fingerprint density at radius 3 is 1.48 bits per heavy atom. The molecule has 67 heavy (non-hydrogen) atoms. The van der Waals surface area contributed by atoms with Crippen molar-refractivity contribution in [1.29, 1.82) is 0 Å². The summed E-state index contributed by atoms with van der Waals surface area (Å²) in [6.45, 7) is 6.46. The molecule has 2 aliphatic heterocycles. The second-order valence-corrected chi connectivity index (χ2v) is 21.5. The van der Waals surface area contributed by atoms with Gasteiger partial charge in [-0.1, -0.05) is 200 Å². The van der Waals surface area contributed by atoms with Crippen LogP contribution >= 0.6 is 0 Å². The number of hydrogen-bond acceptors (Lipinski definition) is 4. The van der Waals surface area contributed by atoms with Crippen molar-refractivity contribution in [1.82, 2.24) is 9.97 Å². The van der Waals surface area contributed by atoms with Crippen LogP contribution in [0.3, 0.4) is 0 Å². The van der Waals surface area contributed by atoms with Gasteiger partial charge >= 0.3 is 0 Å². The van der Waals surface area contributed by atoms with Crippen LogP contribution in [0.25, 0.3) is 33.9 Å². The number of para-hydroxylation sites is 4. The predicted molar refractivity (Wildman–Crippen MR) is 275 cm³/mol. The quantitative estimate of drug-likeness (QED) is 0.150. The van der Waals surface area contributed by atoms with Crippen LogP contribution < -0.4 is 30.2 Å². The van der Waals surface area contributed by atoms with Crippen molar-refractivity contribution in [3.63, 3.8) is 0 Å². The first-order chi connectivity index (χ1) is 33.0. The van der Waals surface area contributed by atoms with Gasteiger partial charge in [-0.2, -0.15) is 0 Å². The molecule has 0 radical (unpaired) electrons. The number of aryl methyl sites for hydroxylation is 3. The van der Waals surface area contributed by atoms with Crippen LogP contribution in [0.2, 0.25) is 0 Å². The van der Waals surface area contributed by atoms with Crippen LogP contribution in [-0.4, -0.2) is 18.0 Å². The molecule has 3 heterocycles. The molecule has 0 fully saturated rings. The van der Waals surface area contributed by atoms with Crippen LogP contribution in [0, 0.1) is 20.8 Å². The van der Waals surface area contributed by atoms with Gasteiger partial charge in [0.25, 0.3) is 0 Å². The lowest BCUT2D eigenvalue weighted by atomic mass is 9.63. The molecule has 0 N–H and O–H groups in total. The van der Waals surface area contributed by atoms with Gasteiger partial charge in [0.15, 0.2) is 13.9 Å². The molecule has 2 aliphatic rings. The van der Waals surface area contributed by atoms with E-state index in [1.807, 2.05) is 0 Å². The number of rotatable bonds is 7. The predicted octanol–water partition coefficient (Wildman–Crippen LogP) is 12.4. The summed E-state index contributed by atoms with van der Waals surface area (Å²) >= 11 is 0. The minimum atomic E-state index is -2.94. The first-order valence-electron chi connectivity index (χ1n) is 23.0. The van der Waals surface area contributed by atoms with E-state index in [2.05, 4.69) is 245 Å². The van der Waals surface area contributed by atoms with Crippen molar-refractivity contribution < 1.29 is 9.47 Å². The number of aromatic nitrogens is 2. The Morgan fingerprint density at radius 2 is 0.866 bits per heavy atom. The number of hydrogen-bond donors (Lipinski definition) is 0. The zero-order valence-corrected chi connectivity index (χ0v) is 38.6. The highest BCUT2D eigenvalue weighted by Crippen LogP contribution is 2.57. The molecule has 320 valence electrons. The highest BCUT2D eigenvalue weighted by molar-refractivity contribution is 7.20. The van der Waals surface area contributed by atoms with E-state index >= 15 is 0 Å². The summed E-state index contributed by atoms with van der Waals surface area (Å²) in [6, 6.07) is 80.5. The highest BCUT2D eigenvalue weighted by Gasteiger charge is 2.49. The number of nitrogens with zero attached hydrogens (tertiary/aromatic N) is 2. The van der Waals surface area contributed by atoms with Gasteiger partial charge in [-0.25, -0.2) is 9.97 Å². The second-order valence-electron chi connectivity index (χ2n) is 17.8. The van der Waals surface area contributed by atoms with Gasteiger partial charge in [-0.3, -0.25) is 0 Å². The molecular formula is C62H46N2O2Si. The Morgan fingerprint density at radius 1 is 0.403 bits per heavy atom. The largest absolute Gasteiger partial charge is 0.457 e. The Labute approximate surface area is 392 Å². The molecule has 12 rings (SSSR count). The van der Waals surface area contributed by atoms with E-state index in [0.717, 1.165) is 84.5 Å². The van der Waals surface area contributed by atoms with Gasteiger partial charge in [0.05, 0.1) is 16.8 Å². The standard InChI is InChI=1S/C62H46N2O2Si/c1-41-38-42(2)58(43(3)39-41)61-63-52(48-30-20-33-51-59(48)65-54-34-17-16-32-50(54)62(51,44-22-8-4-9-23-44)45-24-10-5-11-25-45)40-53(64-61)49-31-21-37-57-60(49)66-55-35-18-19-36-56(55)67(57,46-26-12-6-13-27-46)47-28-14-7-15-29-47/h4-40H,1-3H3. The van der Waals surface area contributed by atoms with Crippen molar-refractivity contribution in [2.45, 2.75) is 26.2 Å². The molecule has 4 nitrogen and oxygen atoms in total. The molecule has 5 heteroatoms. The van der Waals surface area contributed by atoms with Crippen LogP contribution in [0.1, 0.15) is 38.9 Å². The fourth-order valence-corrected chi connectivity index (χ4v) is 16.2. The minimum Gasteiger partial charge on any atom is -0.457 e. The van der Waals surface area contributed by atoms with Gasteiger partial charge in [-0.15, -0.1) is 0 Å². The average molecular weight is 879 g/mol. The van der Waals surface area contributed by atoms with E-state index in [1.54, 1.807) is 0 Å². The summed E-state index contributed by atoms with van der Waals surface area (Å²) in [7, 11) is -2.94. The van der Waals surface area contributed by atoms with Gasteiger partial charge in [0.1, 0.15) is 23.0 Å². The van der Waals surface area contributed by atoms with Crippen molar-refractivity contribution in [3.8, 4) is 56.9 Å². The van der Waals surface area contributed by atoms with Crippen LogP contribution in [-0.2, 0) is 5.41 Å². The molecule has 0 amide bonds. The van der Waals surface area contributed by atoms with Crippen LogP contribution in [0.15, 0.2) is 224 Å². The molecule has 0 saturated heterocycles. The first kappa shape index (κ1) is 40.4. The van der Waals surface area contributed by atoms with E-state index in [4.69, 9.17) is 19.4 Å². The molecule has 9 aromatic carbocycles. The number of ether oxygens (including phenoxy) is 2. The third kappa shape index (κ3) is 6.26. The molecule has 0 atom stereocenters. The number of benzene rings is 9. The second kappa shape index (κ2) is 16.1. The normalized spacial score (nSPS) is 13.8. The zero-order valence-electron chi connectivity index (χ0n) is 37.6. The van der Waals surface area contributed by atoms with Gasteiger partial charge in [-0.05, 0) is 94.1 Å². The van der Waals surface area contributed by atoms with E-state index in [0.29, 0.717) is 5.82 Å². The van der Waals surface area contributed by atoms with Gasteiger partial charge in [0, 0.05) is 27.8 Å². The highest BCUT2D eigenvalue weighted by atomic mass is 28.3. The monoisotopic (exact) mass is 878 g/mol. The molecular weight excluding hydrogens is 833 g/mol. The molecule has 0 unspecified atom stereocenters. The topological polar surface area (TPSA) is 44.2 Å². The summed E-state index contributed by atoms with van der Waals surface area (Å²) < 4.78 is 14.4. The Bertz CT molecular complexity index is 3200. The summed E-state index contributed by atoms with van der Waals surface area (Å²) in [4.78, 5) is 11.1. The summed E-state index contributed by atoms with van der Waals surface area (Å²) in [5.41, 5.74) is 11.5. The third-order valence-electron chi connectivity index (χ3n) is 13.9. The van der Waals surface area contributed by atoms with Gasteiger partial charge in [0.2, 0.25) is 0 Å². The smallest absolute Gasteiger partial charge is 0.188 e. The van der Waals surface area contributed by atoms with Crippen molar-refractivity contribution in [2.75, 3.05) is 0 Å². The third-order valence-corrected chi connectivity index (χ3v) is 18.7. The number of fused-ring (bicyclic) bond motifs is 4. The maximum Gasteiger partial charge on any atom is 0.188 e. The lowest BCUT2D eigenvalue weighted by Gasteiger charge is -2.42. The molecule has 0 saturated carbocycles. The summed E-state index contributed by atoms with van der Waals surface area (Å²) in [5.74, 6) is 3.91. The maximum absolute atomic E-state index is 7.22. The summed E-state index contributed by atoms with van der Waals surface area (Å²) in [5, 5.41) is 4.98. The molecule has 1 aromatic heterocycles. The Hall–Kier alpha value is -8.12. The molecule has 0 aliphatic carbocycles. The molecule has 0 bridgehead atoms. The lowest BCUT2D eigenvalue weighted by Crippen LogP contribution is -2.76. The lowest BCUT2D eigenvalue weighted by molar-refractivity contribution is 0.436. The fourth-order valence-electron chi connectivity index (χ4n) is 11.2. The van der Waals surface area contributed by atoms with Gasteiger partial charge < -0.3 is 9.47 Å². The van der Waals surface area contributed by atoms with Crippen molar-refractivity contribution in [2.24, 2.45) is 0 Å². The average Bonchev–Trinajstić information content (AvgIpc) is 3.37. The van der Waals surface area contributed by atoms with E-state index in [9.17, 15) is 0 Å². The van der Waals surface area contributed by atoms with E-state index < -0.39 is 13.5 Å². The SMILES string of the molecule is Cc1cc(C)c(-c2nc(-c3cccc4c3Oc3ccccc3C4(c3ccccc3)c3ccccc3)cc(-c3cccc4c3Oc3ccccc3[Si]4(c3ccccc3)c3ccccc3)n2)c(C)c1. The van der Waals surface area contributed by atoms with Crippen molar-refractivity contribution >= 4 is 28.8 Å². The van der Waals surface area contributed by atoms with Crippen LogP contribution in [0.4, 0.5) is 0 Å². The van der Waals surface area contributed by atoms with E-state index in [-0.39, 0.29) is 0 Å². The molecule has 10 aromatic rings. The Kier molecular flexibility index (Phi) is 9.70. The summed E-state index contributed by atoms with van der Waals surface area (Å²) in [6.07, 6.45) is 0. The maximum atomic E-state index is 7.22. The van der Waals surface area contributed by atoms with Crippen molar-refractivity contribution in [3.05, 3.63) is 263 Å². The van der Waals surface area contributed by atoms with Crippen LogP contribution in [0.5, 0.6) is 23.0 Å². The molecule has 0 spiro atoms. The van der Waals surface area contributed by atoms with E-state index in [1.165, 1.54) is 26.3 Å². The minimum absolute atomic E-state index is 0.650. The Balaban J connectivity index is 1.15. The zero-order chi connectivity index (χ0) is 45.1.